The quantitative estimate of drug-likeness (QED) is 0.128. The van der Waals surface area contributed by atoms with Gasteiger partial charge < -0.3 is 30.0 Å². The first kappa shape index (κ1) is 35.3. The number of aromatic amines is 1. The van der Waals surface area contributed by atoms with E-state index in [1.807, 2.05) is 103 Å². The second-order valence-corrected chi connectivity index (χ2v) is 12.5. The molecule has 50 heavy (non-hydrogen) atoms. The summed E-state index contributed by atoms with van der Waals surface area (Å²) in [5.41, 5.74) is 3.75. The third kappa shape index (κ3) is 10.8. The summed E-state index contributed by atoms with van der Waals surface area (Å²) in [5, 5.41) is 5.74. The molecule has 1 unspecified atom stereocenters. The van der Waals surface area contributed by atoms with E-state index in [4.69, 9.17) is 9.47 Å². The largest absolute Gasteiger partial charge is 0.487 e. The highest BCUT2D eigenvalue weighted by molar-refractivity contribution is 5.89. The number of hydrogen-bond donors (Lipinski definition) is 3. The summed E-state index contributed by atoms with van der Waals surface area (Å²) < 4.78 is 11.3. The Morgan fingerprint density at radius 1 is 0.860 bits per heavy atom. The number of nitrogens with one attached hydrogen (secondary N) is 3. The molecule has 2 heterocycles. The lowest BCUT2D eigenvalue weighted by atomic mass is 9.84. The zero-order valence-corrected chi connectivity index (χ0v) is 28.2. The van der Waals surface area contributed by atoms with Crippen LogP contribution >= 0.6 is 0 Å². The molecule has 3 amide bonds. The maximum atomic E-state index is 14.3. The van der Waals surface area contributed by atoms with E-state index in [0.717, 1.165) is 22.4 Å². The van der Waals surface area contributed by atoms with Crippen molar-refractivity contribution in [2.75, 3.05) is 13.1 Å². The molecule has 0 aliphatic carbocycles. The Morgan fingerprint density at radius 2 is 1.58 bits per heavy atom. The highest BCUT2D eigenvalue weighted by Crippen LogP contribution is 2.22. The molecule has 1 atom stereocenters. The number of carbonyl (C=O) groups excluding carboxylic acids is 3. The van der Waals surface area contributed by atoms with Crippen molar-refractivity contribution in [2.24, 2.45) is 0 Å². The molecule has 0 radical (unpaired) electrons. The van der Waals surface area contributed by atoms with Crippen LogP contribution in [0, 0.1) is 0 Å². The van der Waals surface area contributed by atoms with Crippen molar-refractivity contribution >= 4 is 17.9 Å². The summed E-state index contributed by atoms with van der Waals surface area (Å²) in [5.74, 6) is -0.146. The molecule has 2 aromatic heterocycles. The van der Waals surface area contributed by atoms with Gasteiger partial charge in [0, 0.05) is 43.0 Å². The van der Waals surface area contributed by atoms with Crippen molar-refractivity contribution in [2.45, 2.75) is 51.5 Å². The maximum Gasteiger partial charge on any atom is 0.408 e. The summed E-state index contributed by atoms with van der Waals surface area (Å²) in [6.07, 6.45) is 4.16. The Labute approximate surface area is 292 Å². The molecule has 0 aliphatic rings. The number of amides is 3. The molecular formula is C39H42N6O5. The van der Waals surface area contributed by atoms with Gasteiger partial charge in [-0.25, -0.2) is 9.78 Å². The first-order valence-corrected chi connectivity index (χ1v) is 16.4. The maximum absolute atomic E-state index is 14.3. The van der Waals surface area contributed by atoms with Crippen LogP contribution in [0.2, 0.25) is 0 Å². The Hall–Kier alpha value is -5.97. The second kappa shape index (κ2) is 17.4. The Bertz CT molecular complexity index is 1780. The highest BCUT2D eigenvalue weighted by Gasteiger charge is 2.30. The molecule has 11 nitrogen and oxygen atoms in total. The van der Waals surface area contributed by atoms with Gasteiger partial charge in [0.2, 0.25) is 11.8 Å². The standard InChI is InChI=1S/C39H42N6O5/c1-39(2,31-13-7-4-8-14-31)27-42-36(46)24-45(23-29-16-18-34(19-17-29)49-26-32-15-9-10-20-41-32)37(47)35(21-33-22-40-28-43-33)44-38(48)50-25-30-11-5-3-6-12-30/h3-20,22,28,35H,21,23-27H2,1-2H3,(H,40,43)(H,42,46)(H,44,48). The third-order valence-corrected chi connectivity index (χ3v) is 8.12. The van der Waals surface area contributed by atoms with Crippen molar-refractivity contribution < 1.29 is 23.9 Å². The van der Waals surface area contributed by atoms with Crippen LogP contribution in [0.5, 0.6) is 5.75 Å². The number of alkyl carbamates (subject to hydrolysis) is 1. The molecule has 0 spiro atoms. The lowest BCUT2D eigenvalue weighted by molar-refractivity contribution is -0.138. The molecule has 0 bridgehead atoms. The van der Waals surface area contributed by atoms with E-state index in [9.17, 15) is 14.4 Å². The minimum atomic E-state index is -1.05. The smallest absolute Gasteiger partial charge is 0.408 e. The van der Waals surface area contributed by atoms with Crippen LogP contribution in [0.4, 0.5) is 4.79 Å². The predicted molar refractivity (Wildman–Crippen MR) is 189 cm³/mol. The van der Waals surface area contributed by atoms with Crippen molar-refractivity contribution in [3.63, 3.8) is 0 Å². The number of pyridine rings is 1. The summed E-state index contributed by atoms with van der Waals surface area (Å²) >= 11 is 0. The number of benzene rings is 3. The number of H-pyrrole nitrogens is 1. The molecule has 5 aromatic rings. The number of imidazole rings is 1. The van der Waals surface area contributed by atoms with Gasteiger partial charge >= 0.3 is 6.09 Å². The monoisotopic (exact) mass is 674 g/mol. The zero-order chi connectivity index (χ0) is 35.2. The molecule has 11 heteroatoms. The second-order valence-electron chi connectivity index (χ2n) is 12.5. The fourth-order valence-electron chi connectivity index (χ4n) is 5.25. The van der Waals surface area contributed by atoms with E-state index >= 15 is 0 Å². The summed E-state index contributed by atoms with van der Waals surface area (Å²) in [6, 6.07) is 31.1. The van der Waals surface area contributed by atoms with Gasteiger partial charge in [-0.3, -0.25) is 14.6 Å². The molecular weight excluding hydrogens is 632 g/mol. The SMILES string of the molecule is CC(C)(CNC(=O)CN(Cc1ccc(OCc2ccccn2)cc1)C(=O)C(Cc1cnc[nH]1)NC(=O)OCc1ccccc1)c1ccccc1. The van der Waals surface area contributed by atoms with Crippen LogP contribution < -0.4 is 15.4 Å². The first-order valence-electron chi connectivity index (χ1n) is 16.4. The zero-order valence-electron chi connectivity index (χ0n) is 28.2. The molecule has 258 valence electrons. The Morgan fingerprint density at radius 3 is 2.26 bits per heavy atom. The Kier molecular flexibility index (Phi) is 12.3. The lowest BCUT2D eigenvalue weighted by Gasteiger charge is -2.29. The number of ether oxygens (including phenoxy) is 2. The van der Waals surface area contributed by atoms with Crippen molar-refractivity contribution in [1.82, 2.24) is 30.5 Å². The molecule has 0 saturated carbocycles. The van der Waals surface area contributed by atoms with Gasteiger partial charge in [0.1, 0.15) is 25.0 Å². The van der Waals surface area contributed by atoms with Gasteiger partial charge in [0.25, 0.3) is 0 Å². The number of carbonyl (C=O) groups is 3. The topological polar surface area (TPSA) is 139 Å². The van der Waals surface area contributed by atoms with E-state index in [-0.39, 0.29) is 37.4 Å². The minimum absolute atomic E-state index is 0.0374. The van der Waals surface area contributed by atoms with E-state index < -0.39 is 18.0 Å². The van der Waals surface area contributed by atoms with Crippen molar-refractivity contribution in [3.8, 4) is 5.75 Å². The highest BCUT2D eigenvalue weighted by atomic mass is 16.5. The molecule has 0 fully saturated rings. The van der Waals surface area contributed by atoms with Crippen molar-refractivity contribution in [1.29, 1.82) is 0 Å². The van der Waals surface area contributed by atoms with Crippen molar-refractivity contribution in [3.05, 3.63) is 150 Å². The van der Waals surface area contributed by atoms with E-state index in [1.165, 1.54) is 11.2 Å². The van der Waals surface area contributed by atoms with Crippen LogP contribution in [0.25, 0.3) is 0 Å². The van der Waals surface area contributed by atoms with Crippen LogP contribution in [0.1, 0.15) is 41.9 Å². The first-order chi connectivity index (χ1) is 24.2. The molecule has 3 aromatic carbocycles. The summed E-state index contributed by atoms with van der Waals surface area (Å²) in [7, 11) is 0. The number of hydrogen-bond acceptors (Lipinski definition) is 7. The number of rotatable bonds is 16. The summed E-state index contributed by atoms with van der Waals surface area (Å²) in [6.45, 7) is 4.68. The van der Waals surface area contributed by atoms with Crippen LogP contribution in [-0.4, -0.2) is 56.9 Å². The average Bonchev–Trinajstić information content (AvgIpc) is 3.66. The molecule has 0 saturated heterocycles. The number of aromatic nitrogens is 3. The van der Waals surface area contributed by atoms with E-state index in [0.29, 0.717) is 24.6 Å². The lowest BCUT2D eigenvalue weighted by Crippen LogP contribution is -2.52. The van der Waals surface area contributed by atoms with E-state index in [1.54, 1.807) is 12.4 Å². The fraction of sp³-hybridized carbons (Fsp3) is 0.256. The van der Waals surface area contributed by atoms with Gasteiger partial charge in [0.15, 0.2) is 0 Å². The van der Waals surface area contributed by atoms with Gasteiger partial charge in [0.05, 0.1) is 18.6 Å². The molecule has 5 rings (SSSR count). The third-order valence-electron chi connectivity index (χ3n) is 8.12. The number of nitrogens with zero attached hydrogens (tertiary/aromatic N) is 3. The minimum Gasteiger partial charge on any atom is -0.487 e. The fourth-order valence-corrected chi connectivity index (χ4v) is 5.25. The normalized spacial score (nSPS) is 11.6. The van der Waals surface area contributed by atoms with Gasteiger partial charge in [-0.05, 0) is 41.0 Å². The van der Waals surface area contributed by atoms with Crippen LogP contribution in [-0.2, 0) is 45.9 Å². The van der Waals surface area contributed by atoms with E-state index in [2.05, 4.69) is 39.4 Å². The van der Waals surface area contributed by atoms with Gasteiger partial charge in [-0.15, -0.1) is 0 Å². The van der Waals surface area contributed by atoms with Gasteiger partial charge in [-0.2, -0.15) is 0 Å². The average molecular weight is 675 g/mol. The van der Waals surface area contributed by atoms with Crippen LogP contribution in [0.3, 0.4) is 0 Å². The van der Waals surface area contributed by atoms with Gasteiger partial charge in [-0.1, -0.05) is 92.7 Å². The Balaban J connectivity index is 1.31. The predicted octanol–water partition coefficient (Wildman–Crippen LogP) is 5.34. The molecule has 3 N–H and O–H groups in total. The summed E-state index contributed by atoms with van der Waals surface area (Å²) in [4.78, 5) is 53.5. The van der Waals surface area contributed by atoms with Crippen LogP contribution in [0.15, 0.2) is 122 Å². The molecule has 0 aliphatic heterocycles.